The summed E-state index contributed by atoms with van der Waals surface area (Å²) in [4.78, 5) is 28.6. The van der Waals surface area contributed by atoms with Gasteiger partial charge in [-0.05, 0) is 48.7 Å². The van der Waals surface area contributed by atoms with Crippen LogP contribution in [0.15, 0.2) is 78.9 Å². The van der Waals surface area contributed by atoms with Crippen LogP contribution in [-0.4, -0.2) is 50.5 Å². The van der Waals surface area contributed by atoms with Crippen molar-refractivity contribution in [1.29, 1.82) is 0 Å². The first kappa shape index (κ1) is 27.9. The number of halogens is 1. The summed E-state index contributed by atoms with van der Waals surface area (Å²) < 4.78 is 40.1. The minimum Gasteiger partial charge on any atom is -0.355 e. The van der Waals surface area contributed by atoms with E-state index < -0.39 is 34.3 Å². The Balaban J connectivity index is 2.05. The van der Waals surface area contributed by atoms with Crippen molar-refractivity contribution in [3.63, 3.8) is 0 Å². The lowest BCUT2D eigenvalue weighted by atomic mass is 10.0. The van der Waals surface area contributed by atoms with Crippen LogP contribution in [0.2, 0.25) is 0 Å². The number of benzene rings is 3. The quantitative estimate of drug-likeness (QED) is 0.414. The Morgan fingerprint density at radius 3 is 2.27 bits per heavy atom. The number of nitrogens with one attached hydrogen (secondary N) is 1. The van der Waals surface area contributed by atoms with Gasteiger partial charge >= 0.3 is 0 Å². The molecule has 1 atom stereocenters. The summed E-state index contributed by atoms with van der Waals surface area (Å²) in [5, 5.41) is 2.81. The molecular weight excluding hydrogens is 493 g/mol. The van der Waals surface area contributed by atoms with Gasteiger partial charge in [0.25, 0.3) is 0 Å². The molecule has 3 rings (SSSR count). The van der Waals surface area contributed by atoms with Gasteiger partial charge in [0.1, 0.15) is 18.4 Å². The molecular formula is C28H32FN3O4S. The highest BCUT2D eigenvalue weighted by atomic mass is 32.2. The van der Waals surface area contributed by atoms with E-state index in [0.717, 1.165) is 33.3 Å². The maximum absolute atomic E-state index is 13.9. The largest absolute Gasteiger partial charge is 0.355 e. The summed E-state index contributed by atoms with van der Waals surface area (Å²) >= 11 is 0. The highest BCUT2D eigenvalue weighted by Crippen LogP contribution is 2.21. The summed E-state index contributed by atoms with van der Waals surface area (Å²) in [6.45, 7) is 3.58. The lowest BCUT2D eigenvalue weighted by Crippen LogP contribution is -2.53. The van der Waals surface area contributed by atoms with Crippen molar-refractivity contribution in [2.75, 3.05) is 23.7 Å². The van der Waals surface area contributed by atoms with E-state index in [-0.39, 0.29) is 24.6 Å². The number of likely N-dealkylation sites (N-methyl/N-ethyl adjacent to an activating group) is 1. The molecule has 0 spiro atoms. The van der Waals surface area contributed by atoms with Gasteiger partial charge in [0.2, 0.25) is 21.8 Å². The molecule has 196 valence electrons. The molecule has 2 amide bonds. The smallest absolute Gasteiger partial charge is 0.244 e. The van der Waals surface area contributed by atoms with Crippen molar-refractivity contribution in [2.45, 2.75) is 32.9 Å². The number of rotatable bonds is 11. The number of nitrogens with zero attached hydrogens (tertiary/aromatic N) is 2. The van der Waals surface area contributed by atoms with Gasteiger partial charge in [0.05, 0.1) is 11.9 Å². The average molecular weight is 526 g/mol. The van der Waals surface area contributed by atoms with Crippen molar-refractivity contribution in [2.24, 2.45) is 0 Å². The van der Waals surface area contributed by atoms with Gasteiger partial charge in [-0.15, -0.1) is 0 Å². The van der Waals surface area contributed by atoms with E-state index in [4.69, 9.17) is 0 Å². The van der Waals surface area contributed by atoms with Crippen LogP contribution < -0.4 is 9.62 Å². The minimum absolute atomic E-state index is 0.0318. The second-order valence-corrected chi connectivity index (χ2v) is 10.7. The fourth-order valence-corrected chi connectivity index (χ4v) is 4.90. The Morgan fingerprint density at radius 2 is 1.65 bits per heavy atom. The zero-order valence-electron chi connectivity index (χ0n) is 21.2. The molecule has 0 unspecified atom stereocenters. The molecule has 0 bridgehead atoms. The number of aryl methyl sites for hydroxylation is 1. The van der Waals surface area contributed by atoms with Crippen LogP contribution in [0.25, 0.3) is 0 Å². The number of anilines is 1. The first-order valence-corrected chi connectivity index (χ1v) is 13.8. The van der Waals surface area contributed by atoms with Crippen molar-refractivity contribution in [3.8, 4) is 0 Å². The lowest BCUT2D eigenvalue weighted by molar-refractivity contribution is -0.140. The molecule has 0 fully saturated rings. The number of carbonyl (C=O) groups excluding carboxylic acids is 2. The summed E-state index contributed by atoms with van der Waals surface area (Å²) in [5.74, 6) is -1.55. The van der Waals surface area contributed by atoms with Gasteiger partial charge in [-0.2, -0.15) is 0 Å². The maximum Gasteiger partial charge on any atom is 0.244 e. The van der Waals surface area contributed by atoms with Crippen LogP contribution in [0.5, 0.6) is 0 Å². The predicted octanol–water partition coefficient (Wildman–Crippen LogP) is 3.68. The second-order valence-electron chi connectivity index (χ2n) is 8.80. The highest BCUT2D eigenvalue weighted by Gasteiger charge is 2.33. The standard InChI is InChI=1S/C28H32FN3O4S/c1-4-30-28(34)26(17-22-12-6-5-7-13-22)31(19-23-14-9-8-11-21(23)2)27(33)20-32(37(3,35)36)25-16-10-15-24(29)18-25/h5-16,18,26H,4,17,19-20H2,1-3H3,(H,30,34)/t26-/m1/s1. The summed E-state index contributed by atoms with van der Waals surface area (Å²) in [5.41, 5.74) is 2.64. The Bertz CT molecular complexity index is 1330. The van der Waals surface area contributed by atoms with Gasteiger partial charge in [0, 0.05) is 19.5 Å². The third-order valence-electron chi connectivity index (χ3n) is 6.00. The number of hydrogen-bond donors (Lipinski definition) is 1. The Kier molecular flexibility index (Phi) is 9.41. The lowest BCUT2D eigenvalue weighted by Gasteiger charge is -2.33. The monoisotopic (exact) mass is 525 g/mol. The molecule has 0 saturated carbocycles. The van der Waals surface area contributed by atoms with E-state index in [1.807, 2.05) is 61.5 Å². The molecule has 9 heteroatoms. The molecule has 1 N–H and O–H groups in total. The number of sulfonamides is 1. The number of amides is 2. The van der Waals surface area contributed by atoms with Crippen LogP contribution in [0.3, 0.4) is 0 Å². The molecule has 3 aromatic carbocycles. The molecule has 3 aromatic rings. The summed E-state index contributed by atoms with van der Waals surface area (Å²) in [6.07, 6.45) is 1.20. The SMILES string of the molecule is CCNC(=O)[C@@H](Cc1ccccc1)N(Cc1ccccc1C)C(=O)CN(c1cccc(F)c1)S(C)(=O)=O. The van der Waals surface area contributed by atoms with Crippen LogP contribution in [0, 0.1) is 12.7 Å². The number of hydrogen-bond acceptors (Lipinski definition) is 4. The van der Waals surface area contributed by atoms with Crippen molar-refractivity contribution in [3.05, 3.63) is 101 Å². The van der Waals surface area contributed by atoms with Gasteiger partial charge in [0.15, 0.2) is 0 Å². The topological polar surface area (TPSA) is 86.8 Å². The van der Waals surface area contributed by atoms with E-state index in [1.165, 1.54) is 23.1 Å². The van der Waals surface area contributed by atoms with Crippen LogP contribution in [0.1, 0.15) is 23.6 Å². The predicted molar refractivity (Wildman–Crippen MR) is 143 cm³/mol. The maximum atomic E-state index is 13.9. The fourth-order valence-electron chi connectivity index (χ4n) is 4.06. The van der Waals surface area contributed by atoms with Gasteiger partial charge in [-0.3, -0.25) is 13.9 Å². The van der Waals surface area contributed by atoms with Crippen molar-refractivity contribution < 1.29 is 22.4 Å². The van der Waals surface area contributed by atoms with Crippen LogP contribution >= 0.6 is 0 Å². The van der Waals surface area contributed by atoms with Crippen molar-refractivity contribution >= 4 is 27.5 Å². The molecule has 0 aliphatic rings. The molecule has 0 aromatic heterocycles. The van der Waals surface area contributed by atoms with Gasteiger partial charge in [-0.1, -0.05) is 60.7 Å². The van der Waals surface area contributed by atoms with E-state index >= 15 is 0 Å². The molecule has 0 aliphatic heterocycles. The number of carbonyl (C=O) groups is 2. The molecule has 0 radical (unpaired) electrons. The molecule has 0 heterocycles. The average Bonchev–Trinajstić information content (AvgIpc) is 2.85. The highest BCUT2D eigenvalue weighted by molar-refractivity contribution is 7.92. The molecule has 0 saturated heterocycles. The summed E-state index contributed by atoms with van der Waals surface area (Å²) in [6, 6.07) is 21.0. The van der Waals surface area contributed by atoms with Gasteiger partial charge in [-0.25, -0.2) is 12.8 Å². The van der Waals surface area contributed by atoms with Crippen LogP contribution in [0.4, 0.5) is 10.1 Å². The minimum atomic E-state index is -3.94. The third kappa shape index (κ3) is 7.63. The Labute approximate surface area is 218 Å². The fraction of sp³-hybridized carbons (Fsp3) is 0.286. The van der Waals surface area contributed by atoms with E-state index in [1.54, 1.807) is 6.92 Å². The first-order valence-electron chi connectivity index (χ1n) is 12.0. The van der Waals surface area contributed by atoms with Crippen LogP contribution in [-0.2, 0) is 32.6 Å². The summed E-state index contributed by atoms with van der Waals surface area (Å²) in [7, 11) is -3.94. The van der Waals surface area contributed by atoms with E-state index in [0.29, 0.717) is 6.54 Å². The van der Waals surface area contributed by atoms with Crippen molar-refractivity contribution in [1.82, 2.24) is 10.2 Å². The normalized spacial score (nSPS) is 12.0. The van der Waals surface area contributed by atoms with Gasteiger partial charge < -0.3 is 10.2 Å². The van der Waals surface area contributed by atoms with E-state index in [9.17, 15) is 22.4 Å². The molecule has 0 aliphatic carbocycles. The van der Waals surface area contributed by atoms with E-state index in [2.05, 4.69) is 5.32 Å². The zero-order chi connectivity index (χ0) is 27.0. The molecule has 37 heavy (non-hydrogen) atoms. The molecule has 7 nitrogen and oxygen atoms in total. The second kappa shape index (κ2) is 12.5. The Hall–Kier alpha value is -3.72. The zero-order valence-corrected chi connectivity index (χ0v) is 22.0. The Morgan fingerprint density at radius 1 is 0.973 bits per heavy atom. The third-order valence-corrected chi connectivity index (χ3v) is 7.14. The first-order chi connectivity index (χ1) is 17.6.